The van der Waals surface area contributed by atoms with Gasteiger partial charge in [0.15, 0.2) is 0 Å². The highest BCUT2D eigenvalue weighted by Gasteiger charge is 2.02. The summed E-state index contributed by atoms with van der Waals surface area (Å²) in [7, 11) is 0. The summed E-state index contributed by atoms with van der Waals surface area (Å²) < 4.78 is 0. The lowest BCUT2D eigenvalue weighted by molar-refractivity contribution is 0.219. The summed E-state index contributed by atoms with van der Waals surface area (Å²) in [6.07, 6.45) is 2.02. The lowest BCUT2D eigenvalue weighted by atomic mass is 10.1. The molecule has 0 bridgehead atoms. The van der Waals surface area contributed by atoms with E-state index in [0.717, 1.165) is 31.0 Å². The third-order valence-electron chi connectivity index (χ3n) is 2.77. The topological polar surface area (TPSA) is 32.3 Å². The molecule has 0 aliphatic rings. The van der Waals surface area contributed by atoms with Gasteiger partial charge in [0.1, 0.15) is 0 Å². The Labute approximate surface area is 103 Å². The van der Waals surface area contributed by atoms with Crippen molar-refractivity contribution in [1.82, 2.24) is 5.32 Å². The van der Waals surface area contributed by atoms with E-state index in [1.807, 2.05) is 24.3 Å². The summed E-state index contributed by atoms with van der Waals surface area (Å²) in [5.74, 6) is 0.380. The van der Waals surface area contributed by atoms with Crippen LogP contribution in [0.25, 0.3) is 0 Å². The summed E-state index contributed by atoms with van der Waals surface area (Å²) in [6.45, 7) is 4.20. The molecule has 0 saturated carbocycles. The third-order valence-corrected chi connectivity index (χ3v) is 3.02. The molecule has 0 spiro atoms. The van der Waals surface area contributed by atoms with E-state index in [4.69, 9.17) is 16.7 Å². The van der Waals surface area contributed by atoms with Gasteiger partial charge < -0.3 is 10.4 Å². The summed E-state index contributed by atoms with van der Waals surface area (Å²) in [4.78, 5) is 0. The second-order valence-electron chi connectivity index (χ2n) is 4.04. The maximum absolute atomic E-state index is 9.02. The van der Waals surface area contributed by atoms with Gasteiger partial charge in [-0.2, -0.15) is 0 Å². The van der Waals surface area contributed by atoms with Gasteiger partial charge >= 0.3 is 0 Å². The number of aliphatic hydroxyl groups is 1. The monoisotopic (exact) mass is 241 g/mol. The van der Waals surface area contributed by atoms with Gasteiger partial charge in [-0.3, -0.25) is 0 Å². The fraction of sp³-hybridized carbons (Fsp3) is 0.538. The molecule has 1 rings (SSSR count). The standard InChI is InChI=1S/C13H20ClNO/c1-2-11(10-16)9-15-8-7-12-3-5-13(14)6-4-12/h3-6,11,15-16H,2,7-10H2,1H3. The van der Waals surface area contributed by atoms with Crippen molar-refractivity contribution in [1.29, 1.82) is 0 Å². The molecule has 0 radical (unpaired) electrons. The van der Waals surface area contributed by atoms with Crippen LogP contribution in [-0.4, -0.2) is 24.8 Å². The number of hydrogen-bond donors (Lipinski definition) is 2. The van der Waals surface area contributed by atoms with Crippen LogP contribution in [0.15, 0.2) is 24.3 Å². The van der Waals surface area contributed by atoms with Crippen LogP contribution in [0.5, 0.6) is 0 Å². The Morgan fingerprint density at radius 2 is 2.00 bits per heavy atom. The van der Waals surface area contributed by atoms with E-state index in [1.54, 1.807) is 0 Å². The third kappa shape index (κ3) is 4.97. The normalized spacial score (nSPS) is 12.7. The number of halogens is 1. The quantitative estimate of drug-likeness (QED) is 0.719. The SMILES string of the molecule is CCC(CO)CNCCc1ccc(Cl)cc1. The van der Waals surface area contributed by atoms with Crippen molar-refractivity contribution in [3.05, 3.63) is 34.9 Å². The van der Waals surface area contributed by atoms with Crippen LogP contribution in [0.3, 0.4) is 0 Å². The first kappa shape index (κ1) is 13.5. The van der Waals surface area contributed by atoms with Crippen molar-refractivity contribution >= 4 is 11.6 Å². The fourth-order valence-electron chi connectivity index (χ4n) is 1.53. The van der Waals surface area contributed by atoms with Crippen molar-refractivity contribution in [2.24, 2.45) is 5.92 Å². The maximum Gasteiger partial charge on any atom is 0.0471 e. The first-order valence-electron chi connectivity index (χ1n) is 5.82. The van der Waals surface area contributed by atoms with E-state index in [2.05, 4.69) is 12.2 Å². The van der Waals surface area contributed by atoms with Crippen molar-refractivity contribution in [2.45, 2.75) is 19.8 Å². The summed E-state index contributed by atoms with van der Waals surface area (Å²) >= 11 is 5.81. The Bertz CT molecular complexity index is 282. The van der Waals surface area contributed by atoms with Crippen LogP contribution in [0.1, 0.15) is 18.9 Å². The first-order valence-corrected chi connectivity index (χ1v) is 6.20. The minimum absolute atomic E-state index is 0.268. The second-order valence-corrected chi connectivity index (χ2v) is 4.47. The van der Waals surface area contributed by atoms with Crippen LogP contribution < -0.4 is 5.32 Å². The zero-order valence-corrected chi connectivity index (χ0v) is 10.5. The molecule has 3 heteroatoms. The predicted molar refractivity (Wildman–Crippen MR) is 68.9 cm³/mol. The minimum Gasteiger partial charge on any atom is -0.396 e. The lowest BCUT2D eigenvalue weighted by Gasteiger charge is -2.12. The van der Waals surface area contributed by atoms with Crippen LogP contribution in [0.4, 0.5) is 0 Å². The lowest BCUT2D eigenvalue weighted by Crippen LogP contribution is -2.26. The number of aliphatic hydroxyl groups excluding tert-OH is 1. The van der Waals surface area contributed by atoms with E-state index < -0.39 is 0 Å². The summed E-state index contributed by atoms with van der Waals surface area (Å²) in [5.41, 5.74) is 1.29. The fourth-order valence-corrected chi connectivity index (χ4v) is 1.65. The minimum atomic E-state index is 0.268. The molecule has 1 aromatic rings. The molecular weight excluding hydrogens is 222 g/mol. The molecule has 0 aromatic heterocycles. The second kappa shape index (κ2) is 7.66. The molecule has 0 fully saturated rings. The van der Waals surface area contributed by atoms with Crippen molar-refractivity contribution in [3.63, 3.8) is 0 Å². The highest BCUT2D eigenvalue weighted by atomic mass is 35.5. The average Bonchev–Trinajstić information content (AvgIpc) is 2.32. The molecule has 2 nitrogen and oxygen atoms in total. The van der Waals surface area contributed by atoms with Gasteiger partial charge in [-0.25, -0.2) is 0 Å². The Morgan fingerprint density at radius 1 is 1.31 bits per heavy atom. The van der Waals surface area contributed by atoms with Gasteiger partial charge in [-0.05, 0) is 43.0 Å². The molecule has 0 heterocycles. The van der Waals surface area contributed by atoms with Gasteiger partial charge in [-0.1, -0.05) is 30.7 Å². The van der Waals surface area contributed by atoms with Gasteiger partial charge in [0.25, 0.3) is 0 Å². The van der Waals surface area contributed by atoms with Gasteiger partial charge in [0.2, 0.25) is 0 Å². The van der Waals surface area contributed by atoms with E-state index >= 15 is 0 Å². The van der Waals surface area contributed by atoms with E-state index in [-0.39, 0.29) is 6.61 Å². The Morgan fingerprint density at radius 3 is 2.56 bits per heavy atom. The van der Waals surface area contributed by atoms with Crippen LogP contribution in [-0.2, 0) is 6.42 Å². The van der Waals surface area contributed by atoms with E-state index in [0.29, 0.717) is 5.92 Å². The average molecular weight is 242 g/mol. The van der Waals surface area contributed by atoms with Crippen LogP contribution in [0.2, 0.25) is 5.02 Å². The van der Waals surface area contributed by atoms with Crippen LogP contribution >= 0.6 is 11.6 Å². The van der Waals surface area contributed by atoms with Crippen LogP contribution in [0, 0.1) is 5.92 Å². The molecule has 0 amide bonds. The maximum atomic E-state index is 9.02. The number of rotatable bonds is 7. The summed E-state index contributed by atoms with van der Waals surface area (Å²) in [5, 5.41) is 13.2. The molecule has 0 aliphatic carbocycles. The molecule has 1 aromatic carbocycles. The van der Waals surface area contributed by atoms with Gasteiger partial charge in [0.05, 0.1) is 0 Å². The van der Waals surface area contributed by atoms with E-state index in [9.17, 15) is 0 Å². The highest BCUT2D eigenvalue weighted by molar-refractivity contribution is 6.30. The molecule has 0 saturated heterocycles. The van der Waals surface area contributed by atoms with E-state index in [1.165, 1.54) is 5.56 Å². The zero-order chi connectivity index (χ0) is 11.8. The van der Waals surface area contributed by atoms with Crippen molar-refractivity contribution in [2.75, 3.05) is 19.7 Å². The molecular formula is C13H20ClNO. The summed E-state index contributed by atoms with van der Waals surface area (Å²) in [6, 6.07) is 7.93. The van der Waals surface area contributed by atoms with Gasteiger partial charge in [0, 0.05) is 18.2 Å². The first-order chi connectivity index (χ1) is 7.76. The number of hydrogen-bond acceptors (Lipinski definition) is 2. The Hall–Kier alpha value is -0.570. The van der Waals surface area contributed by atoms with Crippen molar-refractivity contribution < 1.29 is 5.11 Å². The van der Waals surface area contributed by atoms with Gasteiger partial charge in [-0.15, -0.1) is 0 Å². The molecule has 16 heavy (non-hydrogen) atoms. The number of benzene rings is 1. The highest BCUT2D eigenvalue weighted by Crippen LogP contribution is 2.09. The smallest absolute Gasteiger partial charge is 0.0471 e. The Balaban J connectivity index is 2.18. The molecule has 2 N–H and O–H groups in total. The Kier molecular flexibility index (Phi) is 6.46. The molecule has 1 unspecified atom stereocenters. The molecule has 0 aliphatic heterocycles. The molecule has 90 valence electrons. The van der Waals surface area contributed by atoms with Crippen molar-refractivity contribution in [3.8, 4) is 0 Å². The zero-order valence-electron chi connectivity index (χ0n) is 9.75. The molecule has 1 atom stereocenters. The predicted octanol–water partition coefficient (Wildman–Crippen LogP) is 2.49. The number of nitrogens with one attached hydrogen (secondary N) is 1. The largest absolute Gasteiger partial charge is 0.396 e.